The molecule has 14 heavy (non-hydrogen) atoms. The summed E-state index contributed by atoms with van der Waals surface area (Å²) in [5.41, 5.74) is 0.961. The van der Waals surface area contributed by atoms with Gasteiger partial charge in [0.25, 0.3) is 0 Å². The first-order chi connectivity index (χ1) is 6.48. The van der Waals surface area contributed by atoms with E-state index in [9.17, 15) is 12.3 Å². The molecule has 1 aromatic heterocycles. The lowest BCUT2D eigenvalue weighted by Gasteiger charge is -1.91. The topological polar surface area (TPSA) is 34.1 Å². The minimum atomic E-state index is -4.56. The van der Waals surface area contributed by atoms with Gasteiger partial charge in [-0.05, 0) is 23.9 Å². The van der Waals surface area contributed by atoms with E-state index in [0.29, 0.717) is 0 Å². The van der Waals surface area contributed by atoms with Crippen molar-refractivity contribution < 1.29 is 12.3 Å². The summed E-state index contributed by atoms with van der Waals surface area (Å²) in [5, 5.41) is 0.770. The van der Waals surface area contributed by atoms with E-state index in [2.05, 4.69) is 0 Å². The number of aryl methyl sites for hydroxylation is 1. The molecular weight excluding hydrogens is 223 g/mol. The quantitative estimate of drug-likeness (QED) is 0.706. The van der Waals surface area contributed by atoms with Crippen LogP contribution in [0.25, 0.3) is 10.1 Å². The first kappa shape index (κ1) is 9.61. The molecule has 0 bridgehead atoms. The Bertz CT molecular complexity index is 584. The Balaban J connectivity index is 2.81. The molecule has 0 aliphatic carbocycles. The lowest BCUT2D eigenvalue weighted by molar-refractivity contribution is 0.554. The normalized spacial score (nSPS) is 12.1. The van der Waals surface area contributed by atoms with Crippen LogP contribution in [0.1, 0.15) is 5.56 Å². The van der Waals surface area contributed by atoms with E-state index >= 15 is 0 Å². The zero-order valence-electron chi connectivity index (χ0n) is 7.32. The highest BCUT2D eigenvalue weighted by Crippen LogP contribution is 2.31. The van der Waals surface area contributed by atoms with Gasteiger partial charge in [-0.2, -0.15) is 8.42 Å². The van der Waals surface area contributed by atoms with Crippen LogP contribution >= 0.6 is 11.3 Å². The predicted molar refractivity (Wildman–Crippen MR) is 54.9 cm³/mol. The molecule has 0 atom stereocenters. The summed E-state index contributed by atoms with van der Waals surface area (Å²) in [5.74, 6) is 0. The lowest BCUT2D eigenvalue weighted by atomic mass is 10.2. The molecule has 74 valence electrons. The SMILES string of the molecule is Cc1cccc2cc(S(=O)(=O)F)sc12. The maximum absolute atomic E-state index is 12.7. The number of fused-ring (bicyclic) bond motifs is 1. The van der Waals surface area contributed by atoms with Crippen molar-refractivity contribution >= 4 is 31.6 Å². The maximum Gasteiger partial charge on any atom is 0.341 e. The third kappa shape index (κ3) is 1.53. The second-order valence-electron chi connectivity index (χ2n) is 3.00. The van der Waals surface area contributed by atoms with Crippen LogP contribution in [-0.2, 0) is 10.2 Å². The third-order valence-electron chi connectivity index (χ3n) is 1.96. The van der Waals surface area contributed by atoms with Crippen molar-refractivity contribution in [2.24, 2.45) is 0 Å². The highest BCUT2D eigenvalue weighted by Gasteiger charge is 2.16. The van der Waals surface area contributed by atoms with Crippen LogP contribution in [0.2, 0.25) is 0 Å². The molecule has 2 rings (SSSR count). The Hall–Kier alpha value is -0.940. The predicted octanol–water partition coefficient (Wildman–Crippen LogP) is 2.87. The van der Waals surface area contributed by atoms with Gasteiger partial charge in [-0.25, -0.2) is 0 Å². The summed E-state index contributed by atoms with van der Waals surface area (Å²) in [4.78, 5) is 0. The zero-order valence-corrected chi connectivity index (χ0v) is 8.95. The van der Waals surface area contributed by atoms with Gasteiger partial charge in [0.2, 0.25) is 0 Å². The Labute approximate surface area is 85.2 Å². The Morgan fingerprint density at radius 1 is 1.36 bits per heavy atom. The van der Waals surface area contributed by atoms with E-state index in [4.69, 9.17) is 0 Å². The fourth-order valence-electron chi connectivity index (χ4n) is 1.31. The van der Waals surface area contributed by atoms with Crippen molar-refractivity contribution in [3.8, 4) is 0 Å². The Kier molecular flexibility index (Phi) is 2.08. The Morgan fingerprint density at radius 3 is 2.64 bits per heavy atom. The summed E-state index contributed by atoms with van der Waals surface area (Å²) >= 11 is 0.968. The van der Waals surface area contributed by atoms with E-state index in [0.717, 1.165) is 27.0 Å². The summed E-state index contributed by atoms with van der Waals surface area (Å²) in [7, 11) is -4.56. The van der Waals surface area contributed by atoms with Gasteiger partial charge >= 0.3 is 10.2 Å². The molecule has 0 spiro atoms. The monoisotopic (exact) mass is 230 g/mol. The second-order valence-corrected chi connectivity index (χ2v) is 5.62. The molecule has 5 heteroatoms. The van der Waals surface area contributed by atoms with Gasteiger partial charge in [0.15, 0.2) is 4.21 Å². The summed E-state index contributed by atoms with van der Waals surface area (Å²) in [6.45, 7) is 1.87. The van der Waals surface area contributed by atoms with Crippen LogP contribution in [-0.4, -0.2) is 8.42 Å². The van der Waals surface area contributed by atoms with Crippen LogP contribution in [0.3, 0.4) is 0 Å². The highest BCUT2D eigenvalue weighted by molar-refractivity contribution is 7.88. The van der Waals surface area contributed by atoms with Crippen molar-refractivity contribution in [3.05, 3.63) is 29.8 Å². The fraction of sp³-hybridized carbons (Fsp3) is 0.111. The summed E-state index contributed by atoms with van der Waals surface area (Å²) in [6, 6.07) is 6.82. The number of benzene rings is 1. The van der Waals surface area contributed by atoms with Gasteiger partial charge in [-0.1, -0.05) is 22.1 Å². The molecule has 0 aliphatic rings. The number of rotatable bonds is 1. The number of thiophene rings is 1. The van der Waals surface area contributed by atoms with E-state index in [1.165, 1.54) is 6.07 Å². The van der Waals surface area contributed by atoms with Gasteiger partial charge < -0.3 is 0 Å². The van der Waals surface area contributed by atoms with E-state index in [1.807, 2.05) is 19.1 Å². The molecule has 1 heterocycles. The molecule has 0 aliphatic heterocycles. The van der Waals surface area contributed by atoms with E-state index in [-0.39, 0.29) is 4.21 Å². The number of hydrogen-bond donors (Lipinski definition) is 0. The van der Waals surface area contributed by atoms with Gasteiger partial charge in [0.1, 0.15) is 0 Å². The minimum absolute atomic E-state index is 0.221. The van der Waals surface area contributed by atoms with Crippen molar-refractivity contribution in [1.82, 2.24) is 0 Å². The average Bonchev–Trinajstić information content (AvgIpc) is 2.48. The first-order valence-corrected chi connectivity index (χ1v) is 6.12. The molecule has 0 amide bonds. The summed E-state index contributed by atoms with van der Waals surface area (Å²) in [6.07, 6.45) is 0. The standard InChI is InChI=1S/C9H7FO2S2/c1-6-3-2-4-7-5-8(13-9(6)7)14(10,11)12/h2-5H,1H3. The fourth-order valence-corrected chi connectivity index (χ4v) is 3.08. The molecule has 2 aromatic rings. The Morgan fingerprint density at radius 2 is 2.07 bits per heavy atom. The third-order valence-corrected chi connectivity index (χ3v) is 4.49. The molecular formula is C9H7FO2S2. The van der Waals surface area contributed by atoms with Crippen LogP contribution in [0, 0.1) is 6.92 Å². The van der Waals surface area contributed by atoms with E-state index < -0.39 is 10.2 Å². The van der Waals surface area contributed by atoms with Gasteiger partial charge in [0.05, 0.1) is 0 Å². The van der Waals surface area contributed by atoms with Crippen LogP contribution in [0.15, 0.2) is 28.5 Å². The molecule has 1 aromatic carbocycles. The van der Waals surface area contributed by atoms with Crippen molar-refractivity contribution in [3.63, 3.8) is 0 Å². The van der Waals surface area contributed by atoms with Gasteiger partial charge in [-0.3, -0.25) is 0 Å². The van der Waals surface area contributed by atoms with Crippen molar-refractivity contribution in [2.45, 2.75) is 11.1 Å². The molecule has 0 saturated carbocycles. The van der Waals surface area contributed by atoms with Crippen LogP contribution in [0.5, 0.6) is 0 Å². The maximum atomic E-state index is 12.7. The lowest BCUT2D eigenvalue weighted by Crippen LogP contribution is -1.85. The van der Waals surface area contributed by atoms with Gasteiger partial charge in [-0.15, -0.1) is 11.3 Å². The minimum Gasteiger partial charge on any atom is -0.188 e. The molecule has 0 saturated heterocycles. The smallest absolute Gasteiger partial charge is 0.188 e. The van der Waals surface area contributed by atoms with Gasteiger partial charge in [0, 0.05) is 4.70 Å². The average molecular weight is 230 g/mol. The highest BCUT2D eigenvalue weighted by atomic mass is 32.3. The molecule has 2 nitrogen and oxygen atoms in total. The summed E-state index contributed by atoms with van der Waals surface area (Å²) < 4.78 is 34.6. The molecule has 0 N–H and O–H groups in total. The molecule has 0 radical (unpaired) electrons. The first-order valence-electron chi connectivity index (χ1n) is 3.92. The second kappa shape index (κ2) is 3.03. The van der Waals surface area contributed by atoms with Crippen LogP contribution in [0.4, 0.5) is 3.89 Å². The van der Waals surface area contributed by atoms with Crippen LogP contribution < -0.4 is 0 Å². The molecule has 0 fully saturated rings. The number of hydrogen-bond acceptors (Lipinski definition) is 3. The van der Waals surface area contributed by atoms with E-state index in [1.54, 1.807) is 6.07 Å². The largest absolute Gasteiger partial charge is 0.341 e. The van der Waals surface area contributed by atoms with Crippen molar-refractivity contribution in [2.75, 3.05) is 0 Å². The number of halogens is 1. The van der Waals surface area contributed by atoms with Crippen molar-refractivity contribution in [1.29, 1.82) is 0 Å². The zero-order chi connectivity index (χ0) is 10.3. The molecule has 0 unspecified atom stereocenters.